The molecule has 1 aliphatic carbocycles. The second kappa shape index (κ2) is 9.11. The zero-order valence-electron chi connectivity index (χ0n) is 17.8. The number of hydrazine groups is 1. The van der Waals surface area contributed by atoms with Crippen molar-refractivity contribution < 1.29 is 14.4 Å². The van der Waals surface area contributed by atoms with Crippen LogP contribution in [0.15, 0.2) is 42.3 Å². The number of aromatic nitrogens is 4. The molecule has 2 aromatic heterocycles. The number of hydrogen-bond acceptors (Lipinski definition) is 7. The lowest BCUT2D eigenvalue weighted by atomic mass is 9.77. The van der Waals surface area contributed by atoms with Crippen molar-refractivity contribution in [3.8, 4) is 11.4 Å². The normalized spacial score (nSPS) is 22.8. The van der Waals surface area contributed by atoms with E-state index in [0.29, 0.717) is 36.3 Å². The zero-order chi connectivity index (χ0) is 22.7. The van der Waals surface area contributed by atoms with E-state index in [2.05, 4.69) is 39.4 Å². The highest BCUT2D eigenvalue weighted by Crippen LogP contribution is 2.35. The van der Waals surface area contributed by atoms with E-state index in [1.54, 1.807) is 24.5 Å². The van der Waals surface area contributed by atoms with E-state index in [1.165, 1.54) is 0 Å². The van der Waals surface area contributed by atoms with E-state index < -0.39 is 17.5 Å². The largest absolute Gasteiger partial charge is 0.344 e. The van der Waals surface area contributed by atoms with Crippen LogP contribution < -0.4 is 10.7 Å². The van der Waals surface area contributed by atoms with Crippen molar-refractivity contribution in [1.82, 2.24) is 35.5 Å². The third-order valence-corrected chi connectivity index (χ3v) is 6.77. The number of pyridine rings is 1. The van der Waals surface area contributed by atoms with Crippen LogP contribution in [0.3, 0.4) is 0 Å². The fourth-order valence-corrected chi connectivity index (χ4v) is 4.74. The van der Waals surface area contributed by atoms with Gasteiger partial charge in [-0.25, -0.2) is 4.79 Å². The first-order valence-corrected chi connectivity index (χ1v) is 11.5. The molecule has 4 rings (SSSR count). The van der Waals surface area contributed by atoms with Crippen LogP contribution in [0.4, 0.5) is 4.79 Å². The molecule has 2 N–H and O–H groups in total. The number of urea groups is 1. The summed E-state index contributed by atoms with van der Waals surface area (Å²) in [6.45, 7) is 6.36. The maximum absolute atomic E-state index is 12.9. The molecule has 32 heavy (non-hydrogen) atoms. The Labute approximate surface area is 189 Å². The number of carbonyl (C=O) groups excluding carboxylic acids is 3. The summed E-state index contributed by atoms with van der Waals surface area (Å²) in [6.07, 6.45) is 7.97. The van der Waals surface area contributed by atoms with E-state index in [4.69, 9.17) is 0 Å². The Morgan fingerprint density at radius 3 is 2.84 bits per heavy atom. The van der Waals surface area contributed by atoms with Crippen LogP contribution in [0.25, 0.3) is 11.4 Å². The smallest absolute Gasteiger partial charge is 0.322 e. The van der Waals surface area contributed by atoms with E-state index in [9.17, 15) is 14.4 Å². The number of rotatable bonds is 7. The predicted octanol–water partition coefficient (Wildman–Crippen LogP) is 2.15. The molecular weight excluding hydrogens is 430 g/mol. The SMILES string of the molecule is C=CCn1c(SCC(=O)NN2C(=O)NC3(CCC(C)CC3)C2=O)nnc1-c1cccnc1. The summed E-state index contributed by atoms with van der Waals surface area (Å²) >= 11 is 1.16. The van der Waals surface area contributed by atoms with Gasteiger partial charge in [0.05, 0.1) is 5.75 Å². The molecular formula is C21H25N7O3S. The fourth-order valence-electron chi connectivity index (χ4n) is 4.00. The van der Waals surface area contributed by atoms with Crippen molar-refractivity contribution in [2.75, 3.05) is 5.75 Å². The Bertz CT molecular complexity index is 1030. The lowest BCUT2D eigenvalue weighted by Crippen LogP contribution is -2.51. The Morgan fingerprint density at radius 1 is 1.38 bits per heavy atom. The Morgan fingerprint density at radius 2 is 2.16 bits per heavy atom. The van der Waals surface area contributed by atoms with Crippen LogP contribution in [-0.2, 0) is 16.1 Å². The molecule has 0 atom stereocenters. The topological polar surface area (TPSA) is 122 Å². The van der Waals surface area contributed by atoms with Crippen LogP contribution in [0.1, 0.15) is 32.6 Å². The molecule has 2 aliphatic rings. The molecule has 0 aromatic carbocycles. The monoisotopic (exact) mass is 455 g/mol. The molecule has 3 heterocycles. The van der Waals surface area contributed by atoms with Crippen molar-refractivity contribution >= 4 is 29.6 Å². The van der Waals surface area contributed by atoms with Gasteiger partial charge in [0.25, 0.3) is 5.91 Å². The van der Waals surface area contributed by atoms with Gasteiger partial charge < -0.3 is 5.32 Å². The number of nitrogens with zero attached hydrogens (tertiary/aromatic N) is 5. The molecule has 10 nitrogen and oxygen atoms in total. The first-order chi connectivity index (χ1) is 15.4. The summed E-state index contributed by atoms with van der Waals surface area (Å²) < 4.78 is 1.83. The van der Waals surface area contributed by atoms with Gasteiger partial charge in [-0.1, -0.05) is 24.8 Å². The lowest BCUT2D eigenvalue weighted by Gasteiger charge is -2.33. The van der Waals surface area contributed by atoms with Gasteiger partial charge in [0.1, 0.15) is 5.54 Å². The van der Waals surface area contributed by atoms with E-state index in [1.807, 2.05) is 10.6 Å². The standard InChI is InChI=1S/C21H25N7O3S/c1-3-11-27-17(15-5-4-10-22-12-15)24-25-20(27)32-13-16(29)26-28-18(30)21(23-19(28)31)8-6-14(2)7-9-21/h3-5,10,12,14H,1,6-9,11,13H2,2H3,(H,23,31)(H,26,29). The minimum absolute atomic E-state index is 0.0383. The molecule has 4 amide bonds. The second-order valence-corrected chi connectivity index (χ2v) is 9.05. The summed E-state index contributed by atoms with van der Waals surface area (Å²) in [5, 5.41) is 12.5. The number of thioether (sulfide) groups is 1. The zero-order valence-corrected chi connectivity index (χ0v) is 18.6. The van der Waals surface area contributed by atoms with Gasteiger partial charge in [0.15, 0.2) is 11.0 Å². The van der Waals surface area contributed by atoms with Crippen molar-refractivity contribution in [3.63, 3.8) is 0 Å². The number of carbonyl (C=O) groups is 3. The van der Waals surface area contributed by atoms with E-state index >= 15 is 0 Å². The molecule has 1 saturated carbocycles. The van der Waals surface area contributed by atoms with Crippen LogP contribution in [0.2, 0.25) is 0 Å². The molecule has 0 bridgehead atoms. The number of nitrogens with one attached hydrogen (secondary N) is 2. The van der Waals surface area contributed by atoms with Crippen molar-refractivity contribution in [1.29, 1.82) is 0 Å². The Hall–Kier alpha value is -3.21. The third kappa shape index (κ3) is 4.24. The summed E-state index contributed by atoms with van der Waals surface area (Å²) in [5.74, 6) is 0.235. The molecule has 11 heteroatoms. The minimum atomic E-state index is -0.896. The van der Waals surface area contributed by atoms with Gasteiger partial charge in [-0.3, -0.25) is 24.6 Å². The first kappa shape index (κ1) is 22.0. The van der Waals surface area contributed by atoms with Gasteiger partial charge >= 0.3 is 6.03 Å². The average Bonchev–Trinajstić information content (AvgIpc) is 3.29. The summed E-state index contributed by atoms with van der Waals surface area (Å²) in [5.41, 5.74) is 2.35. The first-order valence-electron chi connectivity index (χ1n) is 10.5. The van der Waals surface area contributed by atoms with Gasteiger partial charge in [-0.2, -0.15) is 5.01 Å². The van der Waals surface area contributed by atoms with Crippen LogP contribution in [0, 0.1) is 5.92 Å². The molecule has 1 aliphatic heterocycles. The van der Waals surface area contributed by atoms with Crippen molar-refractivity contribution in [2.45, 2.75) is 49.8 Å². The maximum atomic E-state index is 12.9. The number of hydrogen-bond donors (Lipinski definition) is 2. The highest BCUT2D eigenvalue weighted by molar-refractivity contribution is 7.99. The van der Waals surface area contributed by atoms with Crippen LogP contribution >= 0.6 is 11.8 Å². The molecule has 2 aromatic rings. The Balaban J connectivity index is 1.40. The third-order valence-electron chi connectivity index (χ3n) is 5.81. The molecule has 0 unspecified atom stereocenters. The number of imide groups is 1. The van der Waals surface area contributed by atoms with Crippen LogP contribution in [-0.4, -0.2) is 53.9 Å². The summed E-state index contributed by atoms with van der Waals surface area (Å²) in [6, 6.07) is 3.09. The fraction of sp³-hybridized carbons (Fsp3) is 0.429. The van der Waals surface area contributed by atoms with E-state index in [0.717, 1.165) is 35.2 Å². The van der Waals surface area contributed by atoms with Crippen molar-refractivity contribution in [3.05, 3.63) is 37.2 Å². The number of allylic oxidation sites excluding steroid dienone is 1. The van der Waals surface area contributed by atoms with Crippen LogP contribution in [0.5, 0.6) is 0 Å². The van der Waals surface area contributed by atoms with Gasteiger partial charge in [-0.05, 0) is 43.7 Å². The average molecular weight is 456 g/mol. The second-order valence-electron chi connectivity index (χ2n) is 8.11. The number of amides is 4. The lowest BCUT2D eigenvalue weighted by molar-refractivity contribution is -0.139. The maximum Gasteiger partial charge on any atom is 0.344 e. The van der Waals surface area contributed by atoms with Gasteiger partial charge in [0, 0.05) is 24.5 Å². The minimum Gasteiger partial charge on any atom is -0.322 e. The van der Waals surface area contributed by atoms with Gasteiger partial charge in [0.2, 0.25) is 5.91 Å². The molecule has 0 radical (unpaired) electrons. The predicted molar refractivity (Wildman–Crippen MR) is 118 cm³/mol. The quantitative estimate of drug-likeness (QED) is 0.373. The molecule has 1 saturated heterocycles. The van der Waals surface area contributed by atoms with E-state index in [-0.39, 0.29) is 11.7 Å². The van der Waals surface area contributed by atoms with Crippen molar-refractivity contribution in [2.24, 2.45) is 5.92 Å². The summed E-state index contributed by atoms with van der Waals surface area (Å²) in [7, 11) is 0. The highest BCUT2D eigenvalue weighted by atomic mass is 32.2. The molecule has 2 fully saturated rings. The van der Waals surface area contributed by atoms with Gasteiger partial charge in [-0.15, -0.1) is 16.8 Å². The summed E-state index contributed by atoms with van der Waals surface area (Å²) in [4.78, 5) is 41.9. The Kier molecular flexibility index (Phi) is 6.26. The molecule has 1 spiro atoms. The molecule has 168 valence electrons. The highest BCUT2D eigenvalue weighted by Gasteiger charge is 2.52.